The predicted octanol–water partition coefficient (Wildman–Crippen LogP) is -0.343. The summed E-state index contributed by atoms with van der Waals surface area (Å²) in [6.45, 7) is 4.02. The quantitative estimate of drug-likeness (QED) is 0.755. The molecule has 2 aliphatic heterocycles. The minimum atomic E-state index is -0.989. The molecule has 7 nitrogen and oxygen atoms in total. The van der Waals surface area contributed by atoms with E-state index in [1.807, 2.05) is 4.90 Å². The number of carbonyl (C=O) groups is 1. The smallest absolute Gasteiger partial charge is 0.355 e. The molecule has 0 aromatic carbocycles. The first kappa shape index (κ1) is 12.3. The van der Waals surface area contributed by atoms with E-state index in [-0.39, 0.29) is 5.69 Å². The summed E-state index contributed by atoms with van der Waals surface area (Å²) >= 11 is 0. The van der Waals surface area contributed by atoms with Gasteiger partial charge in [-0.15, -0.1) is 0 Å². The van der Waals surface area contributed by atoms with Crippen molar-refractivity contribution in [3.8, 4) is 0 Å². The lowest BCUT2D eigenvalue weighted by Crippen LogP contribution is -2.38. The summed E-state index contributed by atoms with van der Waals surface area (Å²) in [5.41, 5.74) is 1.70. The number of nitrogens with one attached hydrogen (secondary N) is 1. The number of fused-ring (bicyclic) bond motifs is 1. The first-order valence-electron chi connectivity index (χ1n) is 6.42. The summed E-state index contributed by atoms with van der Waals surface area (Å²) in [5.74, 6) is -0.474. The number of anilines is 1. The molecule has 1 aromatic rings. The Kier molecular flexibility index (Phi) is 3.31. The second-order valence-corrected chi connectivity index (χ2v) is 4.63. The van der Waals surface area contributed by atoms with Gasteiger partial charge in [-0.25, -0.2) is 14.8 Å². The van der Waals surface area contributed by atoms with Crippen molar-refractivity contribution in [3.63, 3.8) is 0 Å². The molecule has 0 aliphatic carbocycles. The highest BCUT2D eigenvalue weighted by Crippen LogP contribution is 2.20. The van der Waals surface area contributed by atoms with Crippen LogP contribution in [0.25, 0.3) is 0 Å². The standard InChI is InChI=1S/C12H16N4O3/c17-11(18)10-8-7-13-2-1-9(8)14-12(15-10)16-3-5-19-6-4-16/h13H,1-7H2,(H,17,18). The minimum Gasteiger partial charge on any atom is -0.476 e. The average molecular weight is 264 g/mol. The lowest BCUT2D eigenvalue weighted by molar-refractivity contribution is 0.0688. The number of rotatable bonds is 2. The second-order valence-electron chi connectivity index (χ2n) is 4.63. The Hall–Kier alpha value is -1.73. The molecule has 0 bridgehead atoms. The molecule has 1 saturated heterocycles. The van der Waals surface area contributed by atoms with Crippen LogP contribution in [0, 0.1) is 0 Å². The molecule has 1 fully saturated rings. The number of carboxylic acids is 1. The number of ether oxygens (including phenoxy) is 1. The van der Waals surface area contributed by atoms with E-state index in [1.165, 1.54) is 0 Å². The minimum absolute atomic E-state index is 0.124. The molecular formula is C12H16N4O3. The zero-order valence-electron chi connectivity index (χ0n) is 10.6. The number of morpholine rings is 1. The monoisotopic (exact) mass is 264 g/mol. The first-order valence-corrected chi connectivity index (χ1v) is 6.42. The van der Waals surface area contributed by atoms with E-state index in [1.54, 1.807) is 0 Å². The number of carboxylic acid groups (broad SMARTS) is 1. The van der Waals surface area contributed by atoms with Gasteiger partial charge in [0, 0.05) is 38.2 Å². The maximum Gasteiger partial charge on any atom is 0.355 e. The lowest BCUT2D eigenvalue weighted by atomic mass is 10.1. The molecule has 0 saturated carbocycles. The van der Waals surface area contributed by atoms with Crippen molar-refractivity contribution in [2.45, 2.75) is 13.0 Å². The summed E-state index contributed by atoms with van der Waals surface area (Å²) < 4.78 is 5.29. The summed E-state index contributed by atoms with van der Waals surface area (Å²) in [6.07, 6.45) is 0.746. The molecule has 0 atom stereocenters. The molecule has 0 spiro atoms. The number of aromatic nitrogens is 2. The van der Waals surface area contributed by atoms with Gasteiger partial charge in [0.15, 0.2) is 5.69 Å². The highest BCUT2D eigenvalue weighted by molar-refractivity contribution is 5.87. The summed E-state index contributed by atoms with van der Waals surface area (Å²) in [5, 5.41) is 12.5. The number of hydrogen-bond donors (Lipinski definition) is 2. The van der Waals surface area contributed by atoms with Crippen molar-refractivity contribution >= 4 is 11.9 Å². The van der Waals surface area contributed by atoms with E-state index in [4.69, 9.17) is 4.74 Å². The van der Waals surface area contributed by atoms with E-state index < -0.39 is 5.97 Å². The molecule has 19 heavy (non-hydrogen) atoms. The van der Waals surface area contributed by atoms with E-state index >= 15 is 0 Å². The van der Waals surface area contributed by atoms with Gasteiger partial charge < -0.3 is 20.1 Å². The van der Waals surface area contributed by atoms with Crippen LogP contribution in [0.1, 0.15) is 21.7 Å². The number of nitrogens with zero attached hydrogens (tertiary/aromatic N) is 3. The van der Waals surface area contributed by atoms with Gasteiger partial charge in [0.2, 0.25) is 5.95 Å². The van der Waals surface area contributed by atoms with Gasteiger partial charge in [0.05, 0.1) is 18.9 Å². The maximum absolute atomic E-state index is 11.3. The third kappa shape index (κ3) is 2.39. The van der Waals surface area contributed by atoms with Gasteiger partial charge in [-0.3, -0.25) is 0 Å². The van der Waals surface area contributed by atoms with Gasteiger partial charge in [0.1, 0.15) is 0 Å². The Morgan fingerprint density at radius 1 is 1.32 bits per heavy atom. The summed E-state index contributed by atoms with van der Waals surface area (Å²) in [7, 11) is 0. The number of hydrogen-bond acceptors (Lipinski definition) is 6. The highest BCUT2D eigenvalue weighted by Gasteiger charge is 2.24. The van der Waals surface area contributed by atoms with E-state index in [0.717, 1.165) is 24.2 Å². The molecule has 102 valence electrons. The van der Waals surface area contributed by atoms with Crippen molar-refractivity contribution in [1.29, 1.82) is 0 Å². The van der Waals surface area contributed by atoms with Crippen LogP contribution in [0.4, 0.5) is 5.95 Å². The Morgan fingerprint density at radius 2 is 2.11 bits per heavy atom. The van der Waals surface area contributed by atoms with Crippen LogP contribution in [0.2, 0.25) is 0 Å². The van der Waals surface area contributed by atoms with E-state index in [0.29, 0.717) is 38.8 Å². The maximum atomic E-state index is 11.3. The van der Waals surface area contributed by atoms with Gasteiger partial charge >= 0.3 is 5.97 Å². The van der Waals surface area contributed by atoms with Crippen LogP contribution >= 0.6 is 0 Å². The van der Waals surface area contributed by atoms with E-state index in [9.17, 15) is 9.90 Å². The van der Waals surface area contributed by atoms with Gasteiger partial charge in [-0.1, -0.05) is 0 Å². The summed E-state index contributed by atoms with van der Waals surface area (Å²) in [4.78, 5) is 22.1. The van der Waals surface area contributed by atoms with Gasteiger partial charge in [0.25, 0.3) is 0 Å². The Labute approximate surface area is 110 Å². The zero-order valence-corrected chi connectivity index (χ0v) is 10.6. The topological polar surface area (TPSA) is 87.6 Å². The summed E-state index contributed by atoms with van der Waals surface area (Å²) in [6, 6.07) is 0. The highest BCUT2D eigenvalue weighted by atomic mass is 16.5. The molecule has 3 rings (SSSR count). The van der Waals surface area contributed by atoms with Crippen LogP contribution in [-0.2, 0) is 17.7 Å². The lowest BCUT2D eigenvalue weighted by Gasteiger charge is -2.28. The van der Waals surface area contributed by atoms with Crippen LogP contribution in [0.15, 0.2) is 0 Å². The van der Waals surface area contributed by atoms with E-state index in [2.05, 4.69) is 15.3 Å². The third-order valence-corrected chi connectivity index (χ3v) is 3.42. The van der Waals surface area contributed by atoms with Crippen LogP contribution in [0.3, 0.4) is 0 Å². The largest absolute Gasteiger partial charge is 0.476 e. The van der Waals surface area contributed by atoms with Crippen molar-refractivity contribution < 1.29 is 14.6 Å². The van der Waals surface area contributed by atoms with Crippen LogP contribution < -0.4 is 10.2 Å². The fourth-order valence-electron chi connectivity index (χ4n) is 2.41. The van der Waals surface area contributed by atoms with Crippen LogP contribution in [-0.4, -0.2) is 53.9 Å². The predicted molar refractivity (Wildman–Crippen MR) is 67.4 cm³/mol. The van der Waals surface area contributed by atoms with Crippen molar-refractivity contribution in [1.82, 2.24) is 15.3 Å². The molecule has 7 heteroatoms. The zero-order chi connectivity index (χ0) is 13.2. The van der Waals surface area contributed by atoms with Crippen LogP contribution in [0.5, 0.6) is 0 Å². The third-order valence-electron chi connectivity index (χ3n) is 3.42. The SMILES string of the molecule is O=C(O)c1nc(N2CCOCC2)nc2c1CNCC2. The molecule has 1 aromatic heterocycles. The van der Waals surface area contributed by atoms with Crippen molar-refractivity contribution in [2.75, 3.05) is 37.7 Å². The Morgan fingerprint density at radius 3 is 2.84 bits per heavy atom. The fourth-order valence-corrected chi connectivity index (χ4v) is 2.41. The molecule has 2 aliphatic rings. The van der Waals surface area contributed by atoms with Crippen molar-refractivity contribution in [2.24, 2.45) is 0 Å². The van der Waals surface area contributed by atoms with Crippen molar-refractivity contribution in [3.05, 3.63) is 17.0 Å². The molecule has 0 radical (unpaired) electrons. The first-order chi connectivity index (χ1) is 9.25. The Balaban J connectivity index is 2.00. The average Bonchev–Trinajstić information content (AvgIpc) is 2.47. The molecule has 2 N–H and O–H groups in total. The van der Waals surface area contributed by atoms with Gasteiger partial charge in [-0.2, -0.15) is 0 Å². The second kappa shape index (κ2) is 5.10. The Bertz CT molecular complexity index is 500. The molecular weight excluding hydrogens is 248 g/mol. The normalized spacial score (nSPS) is 19.1. The molecule has 3 heterocycles. The molecule has 0 amide bonds. The van der Waals surface area contributed by atoms with Gasteiger partial charge in [-0.05, 0) is 0 Å². The fraction of sp³-hybridized carbons (Fsp3) is 0.583. The molecule has 0 unspecified atom stereocenters. The number of aromatic carboxylic acids is 1.